The van der Waals surface area contributed by atoms with Gasteiger partial charge in [-0.15, -0.1) is 0 Å². The molecule has 4 nitrogen and oxygen atoms in total. The minimum Gasteiger partial charge on any atom is -0.497 e. The zero-order valence-corrected chi connectivity index (χ0v) is 10.5. The molecule has 0 saturated heterocycles. The summed E-state index contributed by atoms with van der Waals surface area (Å²) >= 11 is 0. The molecule has 0 saturated carbocycles. The van der Waals surface area contributed by atoms with Crippen molar-refractivity contribution in [2.75, 3.05) is 13.7 Å². The molecule has 0 heterocycles. The van der Waals surface area contributed by atoms with Gasteiger partial charge in [0.05, 0.1) is 7.11 Å². The number of hydrogen-bond donors (Lipinski definition) is 1. The average Bonchev–Trinajstić information content (AvgIpc) is 2.47. The van der Waals surface area contributed by atoms with Gasteiger partial charge in [0.1, 0.15) is 23.9 Å². The number of methoxy groups -OCH3 is 1. The second-order valence-corrected chi connectivity index (χ2v) is 3.89. The fourth-order valence-electron chi connectivity index (χ4n) is 1.60. The van der Waals surface area contributed by atoms with E-state index in [0.29, 0.717) is 22.8 Å². The van der Waals surface area contributed by atoms with Gasteiger partial charge in [0, 0.05) is 11.6 Å². The Balaban J connectivity index is 2.12. The zero-order valence-electron chi connectivity index (χ0n) is 10.5. The SMILES string of the molecule is COc1cccc(Oc2ccc(C(=O)CO)cc2)c1. The van der Waals surface area contributed by atoms with Gasteiger partial charge in [-0.25, -0.2) is 0 Å². The van der Waals surface area contributed by atoms with Crippen molar-refractivity contribution in [1.29, 1.82) is 0 Å². The van der Waals surface area contributed by atoms with Gasteiger partial charge in [-0.1, -0.05) is 6.07 Å². The van der Waals surface area contributed by atoms with E-state index in [1.807, 2.05) is 18.2 Å². The minimum atomic E-state index is -0.490. The first kappa shape index (κ1) is 13.1. The molecule has 0 aliphatic rings. The van der Waals surface area contributed by atoms with Crippen molar-refractivity contribution in [3.63, 3.8) is 0 Å². The second-order valence-electron chi connectivity index (χ2n) is 3.89. The van der Waals surface area contributed by atoms with Crippen molar-refractivity contribution in [3.8, 4) is 17.2 Å². The first-order valence-corrected chi connectivity index (χ1v) is 5.79. The normalized spacial score (nSPS) is 10.0. The lowest BCUT2D eigenvalue weighted by Gasteiger charge is -2.07. The molecule has 98 valence electrons. The highest BCUT2D eigenvalue weighted by atomic mass is 16.5. The number of rotatable bonds is 5. The predicted octanol–water partition coefficient (Wildman–Crippen LogP) is 2.66. The molecule has 0 bridgehead atoms. The Morgan fingerprint density at radius 2 is 1.74 bits per heavy atom. The Morgan fingerprint density at radius 1 is 1.05 bits per heavy atom. The van der Waals surface area contributed by atoms with Crippen LogP contribution in [0.15, 0.2) is 48.5 Å². The molecule has 0 unspecified atom stereocenters. The number of aliphatic hydroxyl groups excluding tert-OH is 1. The topological polar surface area (TPSA) is 55.8 Å². The maximum atomic E-state index is 11.3. The van der Waals surface area contributed by atoms with Crippen molar-refractivity contribution in [2.24, 2.45) is 0 Å². The summed E-state index contributed by atoms with van der Waals surface area (Å²) in [5, 5.41) is 8.76. The Morgan fingerprint density at radius 3 is 2.37 bits per heavy atom. The molecule has 2 aromatic carbocycles. The summed E-state index contributed by atoms with van der Waals surface area (Å²) in [5.74, 6) is 1.67. The summed E-state index contributed by atoms with van der Waals surface area (Å²) in [6, 6.07) is 13.8. The van der Waals surface area contributed by atoms with E-state index in [4.69, 9.17) is 14.6 Å². The number of aliphatic hydroxyl groups is 1. The highest BCUT2D eigenvalue weighted by Gasteiger charge is 2.04. The lowest BCUT2D eigenvalue weighted by molar-refractivity contribution is 0.0903. The third-order valence-electron chi connectivity index (χ3n) is 2.60. The highest BCUT2D eigenvalue weighted by molar-refractivity contribution is 5.96. The lowest BCUT2D eigenvalue weighted by atomic mass is 10.1. The molecular weight excluding hydrogens is 244 g/mol. The van der Waals surface area contributed by atoms with Gasteiger partial charge in [0.15, 0.2) is 5.78 Å². The first-order valence-electron chi connectivity index (χ1n) is 5.79. The second kappa shape index (κ2) is 6.02. The van der Waals surface area contributed by atoms with Crippen LogP contribution < -0.4 is 9.47 Å². The van der Waals surface area contributed by atoms with Gasteiger partial charge in [-0.3, -0.25) is 4.79 Å². The van der Waals surface area contributed by atoms with Crippen molar-refractivity contribution < 1.29 is 19.4 Å². The summed E-state index contributed by atoms with van der Waals surface area (Å²) in [6.45, 7) is -0.490. The molecule has 4 heteroatoms. The number of hydrogen-bond acceptors (Lipinski definition) is 4. The fourth-order valence-corrected chi connectivity index (χ4v) is 1.60. The monoisotopic (exact) mass is 258 g/mol. The Hall–Kier alpha value is -2.33. The average molecular weight is 258 g/mol. The van der Waals surface area contributed by atoms with Crippen molar-refractivity contribution in [2.45, 2.75) is 0 Å². The number of carbonyl (C=O) groups excluding carboxylic acids is 1. The van der Waals surface area contributed by atoms with Gasteiger partial charge in [-0.2, -0.15) is 0 Å². The van der Waals surface area contributed by atoms with Crippen LogP contribution in [0.3, 0.4) is 0 Å². The molecular formula is C15H14O4. The lowest BCUT2D eigenvalue weighted by Crippen LogP contribution is -2.03. The van der Waals surface area contributed by atoms with Crippen LogP contribution in [0.5, 0.6) is 17.2 Å². The third-order valence-corrected chi connectivity index (χ3v) is 2.60. The maximum Gasteiger partial charge on any atom is 0.188 e. The Bertz CT molecular complexity index is 561. The molecule has 0 spiro atoms. The quantitative estimate of drug-likeness (QED) is 0.838. The number of ether oxygens (including phenoxy) is 2. The van der Waals surface area contributed by atoms with Crippen molar-refractivity contribution in [3.05, 3.63) is 54.1 Å². The molecule has 0 aliphatic carbocycles. The van der Waals surface area contributed by atoms with Crippen LogP contribution in [0.1, 0.15) is 10.4 Å². The van der Waals surface area contributed by atoms with Crippen LogP contribution in [0.2, 0.25) is 0 Å². The molecule has 0 atom stereocenters. The zero-order chi connectivity index (χ0) is 13.7. The van der Waals surface area contributed by atoms with Crippen LogP contribution in [0.25, 0.3) is 0 Å². The molecule has 2 aromatic rings. The van der Waals surface area contributed by atoms with E-state index in [9.17, 15) is 4.79 Å². The summed E-state index contributed by atoms with van der Waals surface area (Å²) in [6.07, 6.45) is 0. The van der Waals surface area contributed by atoms with Crippen LogP contribution in [0, 0.1) is 0 Å². The van der Waals surface area contributed by atoms with E-state index in [1.54, 1.807) is 37.4 Å². The Kier molecular flexibility index (Phi) is 4.15. The largest absolute Gasteiger partial charge is 0.497 e. The number of ketones is 1. The van der Waals surface area contributed by atoms with E-state index in [2.05, 4.69) is 0 Å². The van der Waals surface area contributed by atoms with E-state index in [1.165, 1.54) is 0 Å². The van der Waals surface area contributed by atoms with Crippen LogP contribution in [-0.2, 0) is 0 Å². The van der Waals surface area contributed by atoms with Crippen molar-refractivity contribution >= 4 is 5.78 Å². The summed E-state index contributed by atoms with van der Waals surface area (Å²) in [4.78, 5) is 11.3. The number of carbonyl (C=O) groups is 1. The molecule has 0 fully saturated rings. The van der Waals surface area contributed by atoms with Gasteiger partial charge >= 0.3 is 0 Å². The van der Waals surface area contributed by atoms with Crippen LogP contribution in [-0.4, -0.2) is 24.6 Å². The molecule has 0 radical (unpaired) electrons. The standard InChI is InChI=1S/C15H14O4/c1-18-13-3-2-4-14(9-13)19-12-7-5-11(6-8-12)15(17)10-16/h2-9,16H,10H2,1H3. The van der Waals surface area contributed by atoms with E-state index >= 15 is 0 Å². The van der Waals surface area contributed by atoms with Gasteiger partial charge in [-0.05, 0) is 36.4 Å². The molecule has 0 aliphatic heterocycles. The molecule has 0 aromatic heterocycles. The Labute approximate surface area is 111 Å². The van der Waals surface area contributed by atoms with E-state index in [0.717, 1.165) is 0 Å². The van der Waals surface area contributed by atoms with E-state index < -0.39 is 6.61 Å². The smallest absolute Gasteiger partial charge is 0.188 e. The summed E-state index contributed by atoms with van der Waals surface area (Å²) < 4.78 is 10.7. The maximum absolute atomic E-state index is 11.3. The minimum absolute atomic E-state index is 0.312. The van der Waals surface area contributed by atoms with Gasteiger partial charge < -0.3 is 14.6 Å². The summed E-state index contributed by atoms with van der Waals surface area (Å²) in [5.41, 5.74) is 0.459. The molecule has 19 heavy (non-hydrogen) atoms. The fraction of sp³-hybridized carbons (Fsp3) is 0.133. The first-order chi connectivity index (χ1) is 9.22. The molecule has 0 amide bonds. The number of benzene rings is 2. The highest BCUT2D eigenvalue weighted by Crippen LogP contribution is 2.25. The predicted molar refractivity (Wildman–Crippen MR) is 70.9 cm³/mol. The van der Waals surface area contributed by atoms with Crippen molar-refractivity contribution in [1.82, 2.24) is 0 Å². The van der Waals surface area contributed by atoms with Crippen LogP contribution >= 0.6 is 0 Å². The number of Topliss-reactive ketones (excluding diaryl/α,β-unsaturated/α-hetero) is 1. The molecule has 2 rings (SSSR count). The van der Waals surface area contributed by atoms with Crippen LogP contribution in [0.4, 0.5) is 0 Å². The summed E-state index contributed by atoms with van der Waals surface area (Å²) in [7, 11) is 1.59. The van der Waals surface area contributed by atoms with Gasteiger partial charge in [0.2, 0.25) is 0 Å². The molecule has 1 N–H and O–H groups in total. The third kappa shape index (κ3) is 3.33. The van der Waals surface area contributed by atoms with E-state index in [-0.39, 0.29) is 5.78 Å². The van der Waals surface area contributed by atoms with Gasteiger partial charge in [0.25, 0.3) is 0 Å².